The fourth-order valence-corrected chi connectivity index (χ4v) is 2.36. The number of fused-ring (bicyclic) bond motifs is 1. The summed E-state index contributed by atoms with van der Waals surface area (Å²) in [4.78, 5) is 4.15. The standard InChI is InChI=1S/C9H10N2.C7H9N3.C6H6.C3H8.4C2H6/c10-6-5-8-1-3-9(7-11)4-2-8;1-2-6-7(9-3-1)10-5-4-8-6;1-2-4-6-5-3-1;1-3-2;4*1-2/h1-4H,5-6,10H2;1-3,8H,4-5H2,(H,9,10);1-6H;3H2,1-2H3;4*1-2H3. The number of nitrogens with one attached hydrogen (secondary N) is 2. The maximum atomic E-state index is 8.48. The van der Waals surface area contributed by atoms with Crippen LogP contribution in [0, 0.1) is 11.3 Å². The second kappa shape index (κ2) is 38.2. The molecule has 3 aromatic rings. The number of pyridine rings is 1. The van der Waals surface area contributed by atoms with Crippen LogP contribution in [-0.4, -0.2) is 24.6 Å². The van der Waals surface area contributed by atoms with Crippen LogP contribution in [-0.2, 0) is 6.42 Å². The van der Waals surface area contributed by atoms with Gasteiger partial charge in [0.05, 0.1) is 17.3 Å². The summed E-state index contributed by atoms with van der Waals surface area (Å²) in [5.74, 6) is 0.966. The largest absolute Gasteiger partial charge is 0.380 e. The highest BCUT2D eigenvalue weighted by Crippen LogP contribution is 2.19. The van der Waals surface area contributed by atoms with E-state index in [9.17, 15) is 0 Å². The molecule has 0 amide bonds. The Bertz CT molecular complexity index is 776. The van der Waals surface area contributed by atoms with Gasteiger partial charge in [-0.05, 0) is 42.8 Å². The van der Waals surface area contributed by atoms with Crippen LogP contribution in [0.5, 0.6) is 0 Å². The summed E-state index contributed by atoms with van der Waals surface area (Å²) in [6.45, 7) is 22.9. The Morgan fingerprint density at radius 3 is 1.58 bits per heavy atom. The number of aromatic nitrogens is 1. The number of nitriles is 1. The van der Waals surface area contributed by atoms with E-state index >= 15 is 0 Å². The number of nitrogens with zero attached hydrogens (tertiary/aromatic N) is 2. The maximum Gasteiger partial charge on any atom is 0.149 e. The zero-order valence-corrected chi connectivity index (χ0v) is 26.0. The van der Waals surface area contributed by atoms with Crippen molar-refractivity contribution in [3.8, 4) is 6.07 Å². The number of benzene rings is 2. The van der Waals surface area contributed by atoms with Gasteiger partial charge in [0.25, 0.3) is 0 Å². The number of hydrogen-bond acceptors (Lipinski definition) is 5. The average molecular weight is 524 g/mol. The Hall–Kier alpha value is -3.36. The lowest BCUT2D eigenvalue weighted by Crippen LogP contribution is -2.21. The van der Waals surface area contributed by atoms with Gasteiger partial charge in [-0.15, -0.1) is 0 Å². The van der Waals surface area contributed by atoms with E-state index in [1.807, 2.05) is 128 Å². The lowest BCUT2D eigenvalue weighted by Gasteiger charge is -2.17. The first kappa shape index (κ1) is 41.8. The second-order valence-corrected chi connectivity index (χ2v) is 6.46. The molecule has 0 fully saturated rings. The molecule has 214 valence electrons. The van der Waals surface area contributed by atoms with Gasteiger partial charge in [0.2, 0.25) is 0 Å². The van der Waals surface area contributed by atoms with E-state index in [1.54, 1.807) is 6.20 Å². The van der Waals surface area contributed by atoms with Crippen molar-refractivity contribution < 1.29 is 0 Å². The van der Waals surface area contributed by atoms with Gasteiger partial charge in [-0.2, -0.15) is 5.26 Å². The van der Waals surface area contributed by atoms with Gasteiger partial charge in [0.1, 0.15) is 5.82 Å². The van der Waals surface area contributed by atoms with Gasteiger partial charge < -0.3 is 16.4 Å². The Kier molecular flexibility index (Phi) is 41.9. The molecule has 4 N–H and O–H groups in total. The highest BCUT2D eigenvalue weighted by molar-refractivity contribution is 5.65. The molecular formula is C33H57N5. The van der Waals surface area contributed by atoms with Crippen molar-refractivity contribution in [2.45, 2.75) is 82.1 Å². The first-order valence-corrected chi connectivity index (χ1v) is 14.4. The van der Waals surface area contributed by atoms with Gasteiger partial charge in [-0.3, -0.25) is 0 Å². The van der Waals surface area contributed by atoms with Gasteiger partial charge in [-0.1, -0.05) is 124 Å². The summed E-state index contributed by atoms with van der Waals surface area (Å²) in [6.07, 6.45) is 3.92. The Morgan fingerprint density at radius 2 is 1.18 bits per heavy atom. The molecule has 5 heteroatoms. The molecule has 2 heterocycles. The molecule has 0 atom stereocenters. The van der Waals surface area contributed by atoms with Crippen molar-refractivity contribution in [2.75, 3.05) is 30.3 Å². The Labute approximate surface area is 235 Å². The van der Waals surface area contributed by atoms with E-state index in [0.29, 0.717) is 12.1 Å². The molecule has 0 radical (unpaired) electrons. The summed E-state index contributed by atoms with van der Waals surface area (Å²) in [5, 5.41) is 14.9. The van der Waals surface area contributed by atoms with E-state index in [0.717, 1.165) is 31.0 Å². The number of hydrogen-bond donors (Lipinski definition) is 3. The molecule has 5 nitrogen and oxygen atoms in total. The van der Waals surface area contributed by atoms with Crippen LogP contribution in [0.1, 0.15) is 86.8 Å². The van der Waals surface area contributed by atoms with Crippen LogP contribution >= 0.6 is 0 Å². The molecule has 1 aliphatic rings. The summed E-state index contributed by atoms with van der Waals surface area (Å²) in [7, 11) is 0. The van der Waals surface area contributed by atoms with Crippen molar-refractivity contribution in [3.05, 3.63) is 90.1 Å². The highest BCUT2D eigenvalue weighted by atomic mass is 15.1. The Morgan fingerprint density at radius 1 is 0.737 bits per heavy atom. The summed E-state index contributed by atoms with van der Waals surface area (Å²) < 4.78 is 0. The number of rotatable bonds is 2. The maximum absolute atomic E-state index is 8.48. The SMILES string of the molecule is CC.CC.CC.CC.CCC.N#Cc1ccc(CCN)cc1.c1ccccc1.c1cnc2c(c1)NCCN2. The van der Waals surface area contributed by atoms with E-state index < -0.39 is 0 Å². The predicted octanol–water partition coefficient (Wildman–Crippen LogP) is 9.19. The third-order valence-electron chi connectivity index (χ3n) is 3.72. The van der Waals surface area contributed by atoms with Crippen molar-refractivity contribution in [3.63, 3.8) is 0 Å². The van der Waals surface area contributed by atoms with Crippen LogP contribution in [0.3, 0.4) is 0 Å². The Balaban J connectivity index is -0.000000197. The smallest absolute Gasteiger partial charge is 0.149 e. The topological polar surface area (TPSA) is 86.8 Å². The molecule has 2 aromatic carbocycles. The molecule has 4 rings (SSSR count). The molecule has 1 aromatic heterocycles. The lowest BCUT2D eigenvalue weighted by molar-refractivity contribution is 0.968. The number of anilines is 2. The fourth-order valence-electron chi connectivity index (χ4n) is 2.36. The normalized spacial score (nSPS) is 8.89. The highest BCUT2D eigenvalue weighted by Gasteiger charge is 2.05. The zero-order valence-electron chi connectivity index (χ0n) is 26.0. The molecular weight excluding hydrogens is 466 g/mol. The fraction of sp³-hybridized carbons (Fsp3) is 0.455. The van der Waals surface area contributed by atoms with Crippen LogP contribution in [0.15, 0.2) is 79.0 Å². The van der Waals surface area contributed by atoms with Gasteiger partial charge in [-0.25, -0.2) is 4.98 Å². The molecule has 38 heavy (non-hydrogen) atoms. The van der Waals surface area contributed by atoms with E-state index in [2.05, 4.69) is 35.5 Å². The molecule has 0 unspecified atom stereocenters. The quantitative estimate of drug-likeness (QED) is 0.312. The van der Waals surface area contributed by atoms with Crippen LogP contribution < -0.4 is 16.4 Å². The van der Waals surface area contributed by atoms with E-state index in [-0.39, 0.29) is 0 Å². The summed E-state index contributed by atoms with van der Waals surface area (Å²) >= 11 is 0. The van der Waals surface area contributed by atoms with Gasteiger partial charge in [0, 0.05) is 19.3 Å². The second-order valence-electron chi connectivity index (χ2n) is 6.46. The summed E-state index contributed by atoms with van der Waals surface area (Å²) in [6, 6.07) is 25.5. The van der Waals surface area contributed by atoms with Gasteiger partial charge in [0.15, 0.2) is 0 Å². The van der Waals surface area contributed by atoms with E-state index in [1.165, 1.54) is 12.0 Å². The van der Waals surface area contributed by atoms with Crippen molar-refractivity contribution in [1.82, 2.24) is 4.98 Å². The van der Waals surface area contributed by atoms with Crippen molar-refractivity contribution in [2.24, 2.45) is 5.73 Å². The third-order valence-corrected chi connectivity index (χ3v) is 3.72. The van der Waals surface area contributed by atoms with Crippen LogP contribution in [0.4, 0.5) is 11.5 Å². The van der Waals surface area contributed by atoms with Crippen molar-refractivity contribution >= 4 is 11.5 Å². The molecule has 0 saturated carbocycles. The molecule has 0 bridgehead atoms. The van der Waals surface area contributed by atoms with Crippen molar-refractivity contribution in [1.29, 1.82) is 5.26 Å². The minimum atomic E-state index is 0.659. The zero-order chi connectivity index (χ0) is 29.9. The molecule has 0 saturated heterocycles. The monoisotopic (exact) mass is 523 g/mol. The molecule has 0 aliphatic carbocycles. The van der Waals surface area contributed by atoms with Crippen LogP contribution in [0.25, 0.3) is 0 Å². The lowest BCUT2D eigenvalue weighted by atomic mass is 10.1. The number of nitrogens with two attached hydrogens (primary N) is 1. The first-order valence-electron chi connectivity index (χ1n) is 14.4. The minimum Gasteiger partial charge on any atom is -0.380 e. The molecule has 1 aliphatic heterocycles. The summed E-state index contributed by atoms with van der Waals surface area (Å²) in [5.41, 5.74) is 8.36. The third kappa shape index (κ3) is 25.7. The minimum absolute atomic E-state index is 0.659. The predicted molar refractivity (Wildman–Crippen MR) is 173 cm³/mol. The average Bonchev–Trinajstić information content (AvgIpc) is 3.04. The molecule has 0 spiro atoms. The van der Waals surface area contributed by atoms with E-state index in [4.69, 9.17) is 11.0 Å². The van der Waals surface area contributed by atoms with Gasteiger partial charge >= 0.3 is 0 Å². The first-order chi connectivity index (χ1) is 18.7. The van der Waals surface area contributed by atoms with Crippen LogP contribution in [0.2, 0.25) is 0 Å².